The van der Waals surface area contributed by atoms with Gasteiger partial charge in [0.15, 0.2) is 0 Å². The molecule has 0 spiro atoms. The van der Waals surface area contributed by atoms with Crippen LogP contribution in [0.3, 0.4) is 0 Å². The number of hydrogen-bond acceptors (Lipinski definition) is 2. The van der Waals surface area contributed by atoms with Crippen LogP contribution in [0.25, 0.3) is 11.3 Å². The Hall–Kier alpha value is -1.75. The van der Waals surface area contributed by atoms with Crippen LogP contribution in [0, 0.1) is 17.6 Å². The van der Waals surface area contributed by atoms with Crippen LogP contribution >= 0.6 is 0 Å². The van der Waals surface area contributed by atoms with Gasteiger partial charge in [0.25, 0.3) is 0 Å². The Morgan fingerprint density at radius 3 is 2.84 bits per heavy atom. The highest BCUT2D eigenvalue weighted by molar-refractivity contribution is 5.63. The van der Waals surface area contributed by atoms with E-state index in [2.05, 4.69) is 29.4 Å². The van der Waals surface area contributed by atoms with Crippen molar-refractivity contribution in [2.45, 2.75) is 20.4 Å². The zero-order valence-electron chi connectivity index (χ0n) is 11.0. The van der Waals surface area contributed by atoms with Crippen LogP contribution < -0.4 is 5.32 Å². The number of benzene rings is 1. The molecule has 0 saturated heterocycles. The number of nitrogens with zero attached hydrogens (tertiary/aromatic N) is 1. The molecule has 5 heteroatoms. The van der Waals surface area contributed by atoms with E-state index in [0.29, 0.717) is 18.2 Å². The van der Waals surface area contributed by atoms with Crippen LogP contribution in [0.1, 0.15) is 19.4 Å². The lowest BCUT2D eigenvalue weighted by molar-refractivity contribution is 0.552. The third kappa shape index (κ3) is 3.38. The van der Waals surface area contributed by atoms with Gasteiger partial charge in [-0.2, -0.15) is 5.10 Å². The molecule has 3 nitrogen and oxygen atoms in total. The van der Waals surface area contributed by atoms with Gasteiger partial charge in [0.05, 0.1) is 11.9 Å². The first-order valence-electron chi connectivity index (χ1n) is 6.26. The second kappa shape index (κ2) is 5.93. The quantitative estimate of drug-likeness (QED) is 0.872. The zero-order valence-corrected chi connectivity index (χ0v) is 11.0. The van der Waals surface area contributed by atoms with Crippen molar-refractivity contribution in [2.75, 3.05) is 6.54 Å². The lowest BCUT2D eigenvalue weighted by atomic mass is 10.1. The van der Waals surface area contributed by atoms with Crippen molar-refractivity contribution in [1.29, 1.82) is 0 Å². The smallest absolute Gasteiger partial charge is 0.132 e. The van der Waals surface area contributed by atoms with E-state index in [1.807, 2.05) is 0 Å². The summed E-state index contributed by atoms with van der Waals surface area (Å²) in [5.74, 6) is -0.399. The van der Waals surface area contributed by atoms with Gasteiger partial charge in [0.2, 0.25) is 0 Å². The van der Waals surface area contributed by atoms with Crippen LogP contribution in [0.2, 0.25) is 0 Å². The summed E-state index contributed by atoms with van der Waals surface area (Å²) in [7, 11) is 0. The molecule has 0 aliphatic carbocycles. The summed E-state index contributed by atoms with van der Waals surface area (Å²) in [5, 5.41) is 9.90. The van der Waals surface area contributed by atoms with Gasteiger partial charge in [0, 0.05) is 17.7 Å². The van der Waals surface area contributed by atoms with Crippen molar-refractivity contribution in [3.63, 3.8) is 0 Å². The summed E-state index contributed by atoms with van der Waals surface area (Å²) in [4.78, 5) is 0. The Morgan fingerprint density at radius 1 is 1.32 bits per heavy atom. The Kier molecular flexibility index (Phi) is 4.27. The normalized spacial score (nSPS) is 11.2. The SMILES string of the molecule is CC(C)CNCc1cn[nH]c1-c1cc(F)ccc1F. The van der Waals surface area contributed by atoms with Gasteiger partial charge >= 0.3 is 0 Å². The molecular formula is C14H17F2N3. The number of rotatable bonds is 5. The Bertz CT molecular complexity index is 549. The molecule has 2 rings (SSSR count). The van der Waals surface area contributed by atoms with E-state index >= 15 is 0 Å². The first-order valence-corrected chi connectivity index (χ1v) is 6.26. The predicted molar refractivity (Wildman–Crippen MR) is 70.5 cm³/mol. The van der Waals surface area contributed by atoms with Gasteiger partial charge in [-0.25, -0.2) is 8.78 Å². The molecule has 102 valence electrons. The second-order valence-corrected chi connectivity index (χ2v) is 4.92. The molecule has 0 fully saturated rings. The number of H-pyrrole nitrogens is 1. The lowest BCUT2D eigenvalue weighted by Crippen LogP contribution is -2.19. The molecule has 1 aromatic heterocycles. The van der Waals surface area contributed by atoms with Crippen molar-refractivity contribution < 1.29 is 8.78 Å². The summed E-state index contributed by atoms with van der Waals surface area (Å²) in [6.07, 6.45) is 1.63. The molecule has 0 aliphatic rings. The summed E-state index contributed by atoms with van der Waals surface area (Å²) >= 11 is 0. The number of hydrogen-bond donors (Lipinski definition) is 2. The molecule has 0 aliphatic heterocycles. The maximum atomic E-state index is 13.7. The standard InChI is InChI=1S/C14H17F2N3/c1-9(2)6-17-7-10-8-18-19-14(10)12-5-11(15)3-4-13(12)16/h3-5,8-9,17H,6-7H2,1-2H3,(H,18,19). The molecule has 0 amide bonds. The third-order valence-corrected chi connectivity index (χ3v) is 2.78. The minimum absolute atomic E-state index is 0.207. The van der Waals surface area contributed by atoms with E-state index in [0.717, 1.165) is 24.2 Å². The number of aromatic amines is 1. The monoisotopic (exact) mass is 265 g/mol. The van der Waals surface area contributed by atoms with E-state index in [9.17, 15) is 8.78 Å². The average Bonchev–Trinajstić information content (AvgIpc) is 2.80. The van der Waals surface area contributed by atoms with E-state index < -0.39 is 11.6 Å². The number of nitrogens with one attached hydrogen (secondary N) is 2. The highest BCUT2D eigenvalue weighted by atomic mass is 19.1. The summed E-state index contributed by atoms with van der Waals surface area (Å²) in [5.41, 5.74) is 1.55. The maximum Gasteiger partial charge on any atom is 0.132 e. The Balaban J connectivity index is 2.21. The van der Waals surface area contributed by atoms with Gasteiger partial charge in [-0.05, 0) is 30.7 Å². The molecule has 0 radical (unpaired) electrons. The Morgan fingerprint density at radius 2 is 2.11 bits per heavy atom. The molecule has 2 aromatic rings. The molecular weight excluding hydrogens is 248 g/mol. The van der Waals surface area contributed by atoms with Crippen LogP contribution in [0.15, 0.2) is 24.4 Å². The highest BCUT2D eigenvalue weighted by Crippen LogP contribution is 2.24. The minimum atomic E-state index is -0.466. The molecule has 0 bridgehead atoms. The van der Waals surface area contributed by atoms with E-state index in [4.69, 9.17) is 0 Å². The first-order chi connectivity index (χ1) is 9.08. The fraction of sp³-hybridized carbons (Fsp3) is 0.357. The first kappa shape index (κ1) is 13.7. The van der Waals surface area contributed by atoms with Crippen molar-refractivity contribution >= 4 is 0 Å². The second-order valence-electron chi connectivity index (χ2n) is 4.92. The molecule has 0 unspecified atom stereocenters. The third-order valence-electron chi connectivity index (χ3n) is 2.78. The lowest BCUT2D eigenvalue weighted by Gasteiger charge is -2.08. The summed E-state index contributed by atoms with van der Waals surface area (Å²) in [6, 6.07) is 3.40. The molecule has 0 atom stereocenters. The van der Waals surface area contributed by atoms with Gasteiger partial charge in [-0.15, -0.1) is 0 Å². The van der Waals surface area contributed by atoms with Crippen LogP contribution in [0.4, 0.5) is 8.78 Å². The van der Waals surface area contributed by atoms with Gasteiger partial charge in [-0.3, -0.25) is 5.10 Å². The molecule has 1 aromatic carbocycles. The minimum Gasteiger partial charge on any atom is -0.312 e. The maximum absolute atomic E-state index is 13.7. The number of aromatic nitrogens is 2. The van der Waals surface area contributed by atoms with Crippen LogP contribution in [-0.4, -0.2) is 16.7 Å². The fourth-order valence-electron chi connectivity index (χ4n) is 1.86. The van der Waals surface area contributed by atoms with Gasteiger partial charge < -0.3 is 5.32 Å². The largest absolute Gasteiger partial charge is 0.312 e. The van der Waals surface area contributed by atoms with E-state index in [1.165, 1.54) is 6.07 Å². The molecule has 19 heavy (non-hydrogen) atoms. The van der Waals surface area contributed by atoms with Crippen molar-refractivity contribution in [3.05, 3.63) is 41.6 Å². The summed E-state index contributed by atoms with van der Waals surface area (Å²) < 4.78 is 26.9. The van der Waals surface area contributed by atoms with Crippen LogP contribution in [0.5, 0.6) is 0 Å². The predicted octanol–water partition coefficient (Wildman–Crippen LogP) is 3.10. The fourth-order valence-corrected chi connectivity index (χ4v) is 1.86. The van der Waals surface area contributed by atoms with E-state index in [1.54, 1.807) is 6.20 Å². The van der Waals surface area contributed by atoms with Crippen molar-refractivity contribution in [2.24, 2.45) is 5.92 Å². The number of halogens is 2. The highest BCUT2D eigenvalue weighted by Gasteiger charge is 2.13. The molecule has 1 heterocycles. The zero-order chi connectivity index (χ0) is 13.8. The average molecular weight is 265 g/mol. The van der Waals surface area contributed by atoms with Crippen molar-refractivity contribution in [1.82, 2.24) is 15.5 Å². The van der Waals surface area contributed by atoms with Gasteiger partial charge in [-0.1, -0.05) is 13.8 Å². The van der Waals surface area contributed by atoms with Gasteiger partial charge in [0.1, 0.15) is 11.6 Å². The summed E-state index contributed by atoms with van der Waals surface area (Å²) in [6.45, 7) is 5.64. The topological polar surface area (TPSA) is 40.7 Å². The molecule has 2 N–H and O–H groups in total. The van der Waals surface area contributed by atoms with E-state index in [-0.39, 0.29) is 5.56 Å². The Labute approximate surface area is 111 Å². The molecule has 0 saturated carbocycles. The van der Waals surface area contributed by atoms with Crippen molar-refractivity contribution in [3.8, 4) is 11.3 Å². The van der Waals surface area contributed by atoms with Crippen LogP contribution in [-0.2, 0) is 6.54 Å².